The first-order valence-electron chi connectivity index (χ1n) is 15.8. The Morgan fingerprint density at radius 3 is 1.84 bits per heavy atom. The maximum absolute atomic E-state index is 4.73. The van der Waals surface area contributed by atoms with Gasteiger partial charge in [0.25, 0.3) is 0 Å². The summed E-state index contributed by atoms with van der Waals surface area (Å²) in [6.45, 7) is 2.14. The minimum atomic E-state index is 0.665. The Kier molecular flexibility index (Phi) is 6.52. The van der Waals surface area contributed by atoms with E-state index in [2.05, 4.69) is 122 Å². The average Bonchev–Trinajstić information content (AvgIpc) is 3.07. The first-order chi connectivity index (χ1) is 21.3. The van der Waals surface area contributed by atoms with Gasteiger partial charge in [-0.05, 0) is 104 Å². The predicted molar refractivity (Wildman–Crippen MR) is 184 cm³/mol. The summed E-state index contributed by atoms with van der Waals surface area (Å²) in [7, 11) is 0. The molecule has 1 nitrogen and oxygen atoms in total. The molecule has 6 aromatic carbocycles. The van der Waals surface area contributed by atoms with Crippen LogP contribution in [-0.2, 0) is 0 Å². The SMILES string of the molecule is Cc1cccnc1-c1cccc(-c2c3ccccc3c(-c3cccc4c(C5CCCCC5)cccc34)c3ccccc23)c1. The molecule has 0 bridgehead atoms. The highest BCUT2D eigenvalue weighted by atomic mass is 14.7. The highest BCUT2D eigenvalue weighted by Crippen LogP contribution is 2.46. The highest BCUT2D eigenvalue weighted by molar-refractivity contribution is 6.23. The molecular weight excluding hydrogens is 518 g/mol. The van der Waals surface area contributed by atoms with Gasteiger partial charge in [0, 0.05) is 11.8 Å². The zero-order chi connectivity index (χ0) is 28.8. The van der Waals surface area contributed by atoms with E-state index in [1.807, 2.05) is 12.3 Å². The van der Waals surface area contributed by atoms with Gasteiger partial charge in [0.2, 0.25) is 0 Å². The van der Waals surface area contributed by atoms with Gasteiger partial charge < -0.3 is 0 Å². The van der Waals surface area contributed by atoms with Crippen LogP contribution in [0.15, 0.2) is 128 Å². The van der Waals surface area contributed by atoms with Crippen LogP contribution in [0.25, 0.3) is 65.8 Å². The van der Waals surface area contributed by atoms with Crippen LogP contribution in [0.1, 0.15) is 49.1 Å². The smallest absolute Gasteiger partial charge is 0.0731 e. The molecule has 1 aliphatic rings. The molecule has 0 aliphatic heterocycles. The van der Waals surface area contributed by atoms with Gasteiger partial charge in [-0.3, -0.25) is 4.98 Å². The summed E-state index contributed by atoms with van der Waals surface area (Å²) in [5, 5.41) is 7.94. The Morgan fingerprint density at radius 1 is 0.512 bits per heavy atom. The molecule has 7 aromatic rings. The highest BCUT2D eigenvalue weighted by Gasteiger charge is 2.21. The molecular formula is C42H35N. The molecule has 1 fully saturated rings. The van der Waals surface area contributed by atoms with Gasteiger partial charge in [-0.25, -0.2) is 0 Å². The number of aryl methyl sites for hydroxylation is 1. The van der Waals surface area contributed by atoms with Crippen LogP contribution in [-0.4, -0.2) is 4.98 Å². The number of hydrogen-bond acceptors (Lipinski definition) is 1. The third kappa shape index (κ3) is 4.43. The van der Waals surface area contributed by atoms with E-state index >= 15 is 0 Å². The van der Waals surface area contributed by atoms with E-state index in [0.717, 1.165) is 11.3 Å². The van der Waals surface area contributed by atoms with Crippen molar-refractivity contribution in [2.45, 2.75) is 44.9 Å². The number of nitrogens with zero attached hydrogens (tertiary/aromatic N) is 1. The van der Waals surface area contributed by atoms with Crippen LogP contribution in [0, 0.1) is 6.92 Å². The van der Waals surface area contributed by atoms with E-state index in [-0.39, 0.29) is 0 Å². The zero-order valence-corrected chi connectivity index (χ0v) is 24.7. The first-order valence-corrected chi connectivity index (χ1v) is 15.8. The van der Waals surface area contributed by atoms with Crippen molar-refractivity contribution < 1.29 is 0 Å². The molecule has 1 heteroatoms. The molecule has 0 N–H and O–H groups in total. The van der Waals surface area contributed by atoms with Crippen LogP contribution >= 0.6 is 0 Å². The number of pyridine rings is 1. The summed E-state index contributed by atoms with van der Waals surface area (Å²) in [6.07, 6.45) is 8.57. The summed E-state index contributed by atoms with van der Waals surface area (Å²) in [6, 6.07) is 45.0. The third-order valence-electron chi connectivity index (χ3n) is 9.64. The lowest BCUT2D eigenvalue weighted by atomic mass is 9.80. The molecule has 1 aliphatic carbocycles. The van der Waals surface area contributed by atoms with Crippen molar-refractivity contribution >= 4 is 32.3 Å². The quantitative estimate of drug-likeness (QED) is 0.198. The molecule has 1 aromatic heterocycles. The topological polar surface area (TPSA) is 12.9 Å². The monoisotopic (exact) mass is 553 g/mol. The lowest BCUT2D eigenvalue weighted by Crippen LogP contribution is -2.05. The zero-order valence-electron chi connectivity index (χ0n) is 24.7. The molecule has 208 valence electrons. The molecule has 1 heterocycles. The number of aromatic nitrogens is 1. The van der Waals surface area contributed by atoms with Gasteiger partial charge in [0.15, 0.2) is 0 Å². The van der Waals surface area contributed by atoms with Crippen LogP contribution in [0.4, 0.5) is 0 Å². The number of fused-ring (bicyclic) bond motifs is 3. The Morgan fingerprint density at radius 2 is 1.12 bits per heavy atom. The molecule has 0 saturated heterocycles. The Balaban J connectivity index is 1.41. The summed E-state index contributed by atoms with van der Waals surface area (Å²) >= 11 is 0. The normalized spacial score (nSPS) is 14.1. The molecule has 0 radical (unpaired) electrons. The van der Waals surface area contributed by atoms with Gasteiger partial charge in [-0.15, -0.1) is 0 Å². The van der Waals surface area contributed by atoms with Crippen LogP contribution in [0.5, 0.6) is 0 Å². The van der Waals surface area contributed by atoms with E-state index in [1.54, 1.807) is 0 Å². The van der Waals surface area contributed by atoms with Crippen LogP contribution < -0.4 is 0 Å². The largest absolute Gasteiger partial charge is 0.256 e. The minimum absolute atomic E-state index is 0.665. The van der Waals surface area contributed by atoms with Gasteiger partial charge in [0.1, 0.15) is 0 Å². The van der Waals surface area contributed by atoms with E-state index in [1.165, 1.54) is 97.8 Å². The second-order valence-electron chi connectivity index (χ2n) is 12.2. The molecule has 8 rings (SSSR count). The van der Waals surface area contributed by atoms with Gasteiger partial charge in [-0.1, -0.05) is 128 Å². The molecule has 0 unspecified atom stereocenters. The van der Waals surface area contributed by atoms with E-state index in [9.17, 15) is 0 Å². The van der Waals surface area contributed by atoms with Crippen molar-refractivity contribution in [3.8, 4) is 33.5 Å². The fraction of sp³-hybridized carbons (Fsp3) is 0.167. The molecule has 0 amide bonds. The third-order valence-corrected chi connectivity index (χ3v) is 9.64. The van der Waals surface area contributed by atoms with Crippen molar-refractivity contribution in [3.05, 3.63) is 139 Å². The minimum Gasteiger partial charge on any atom is -0.256 e. The average molecular weight is 554 g/mol. The molecule has 0 spiro atoms. The van der Waals surface area contributed by atoms with E-state index in [0.29, 0.717) is 5.92 Å². The molecule has 1 saturated carbocycles. The summed E-state index contributed by atoms with van der Waals surface area (Å²) in [5.74, 6) is 0.665. The van der Waals surface area contributed by atoms with Crippen LogP contribution in [0.2, 0.25) is 0 Å². The lowest BCUT2D eigenvalue weighted by molar-refractivity contribution is 0.445. The second-order valence-corrected chi connectivity index (χ2v) is 12.2. The van der Waals surface area contributed by atoms with Crippen LogP contribution in [0.3, 0.4) is 0 Å². The molecule has 0 atom stereocenters. The maximum atomic E-state index is 4.73. The maximum Gasteiger partial charge on any atom is 0.0731 e. The Bertz CT molecular complexity index is 2070. The Labute approximate surface area is 253 Å². The number of rotatable bonds is 4. The molecule has 43 heavy (non-hydrogen) atoms. The summed E-state index contributed by atoms with van der Waals surface area (Å²) in [4.78, 5) is 4.73. The number of hydrogen-bond donors (Lipinski definition) is 0. The van der Waals surface area contributed by atoms with E-state index in [4.69, 9.17) is 4.98 Å². The summed E-state index contributed by atoms with van der Waals surface area (Å²) in [5.41, 5.74) is 10.1. The van der Waals surface area contributed by atoms with Gasteiger partial charge in [0.05, 0.1) is 5.69 Å². The van der Waals surface area contributed by atoms with Crippen molar-refractivity contribution in [2.24, 2.45) is 0 Å². The van der Waals surface area contributed by atoms with Gasteiger partial charge >= 0.3 is 0 Å². The lowest BCUT2D eigenvalue weighted by Gasteiger charge is -2.24. The Hall–Kier alpha value is -4.75. The fourth-order valence-corrected chi connectivity index (χ4v) is 7.66. The van der Waals surface area contributed by atoms with Crippen molar-refractivity contribution in [1.82, 2.24) is 4.98 Å². The van der Waals surface area contributed by atoms with E-state index < -0.39 is 0 Å². The second kappa shape index (κ2) is 10.8. The predicted octanol–water partition coefficient (Wildman–Crippen LogP) is 11.9. The first kappa shape index (κ1) is 25.9. The summed E-state index contributed by atoms with van der Waals surface area (Å²) < 4.78 is 0. The van der Waals surface area contributed by atoms with Gasteiger partial charge in [-0.2, -0.15) is 0 Å². The van der Waals surface area contributed by atoms with Crippen molar-refractivity contribution in [3.63, 3.8) is 0 Å². The van der Waals surface area contributed by atoms with Crippen molar-refractivity contribution in [2.75, 3.05) is 0 Å². The number of benzene rings is 6. The van der Waals surface area contributed by atoms with Crippen molar-refractivity contribution in [1.29, 1.82) is 0 Å². The fourth-order valence-electron chi connectivity index (χ4n) is 7.66. The standard InChI is InChI=1S/C42H35N/c1-28-13-12-26-43-42(28)31-17-9-16-30(27-31)40-36-18-5-7-20-38(36)41(39-21-8-6-19-37(39)40)35-25-11-23-33-32(22-10-24-34(33)35)29-14-3-2-4-15-29/h5-13,16-27,29H,2-4,14-15H2,1H3.